The number of benzene rings is 3. The van der Waals surface area contributed by atoms with Crippen molar-refractivity contribution in [1.29, 1.82) is 0 Å². The molecule has 0 saturated carbocycles. The van der Waals surface area contributed by atoms with Gasteiger partial charge in [-0.15, -0.1) is 0 Å². The lowest BCUT2D eigenvalue weighted by atomic mass is 9.86. The molecule has 47 heavy (non-hydrogen) atoms. The van der Waals surface area contributed by atoms with Crippen molar-refractivity contribution in [2.75, 3.05) is 26.8 Å². The Kier molecular flexibility index (Phi) is 8.70. The zero-order valence-electron chi connectivity index (χ0n) is 27.3. The van der Waals surface area contributed by atoms with Crippen LogP contribution in [0.4, 0.5) is 9.59 Å². The molecule has 3 aromatic rings. The van der Waals surface area contributed by atoms with Crippen LogP contribution in [0.1, 0.15) is 61.8 Å². The Morgan fingerprint density at radius 2 is 1.40 bits per heavy atom. The second-order valence-electron chi connectivity index (χ2n) is 13.5. The maximum absolute atomic E-state index is 14.1. The first-order valence-electron chi connectivity index (χ1n) is 16.1. The van der Waals surface area contributed by atoms with E-state index in [9.17, 15) is 19.2 Å². The highest BCUT2D eigenvalue weighted by Gasteiger charge is 2.47. The summed E-state index contributed by atoms with van der Waals surface area (Å²) in [5.41, 5.74) is 4.28. The lowest BCUT2D eigenvalue weighted by Crippen LogP contribution is -2.64. The monoisotopic (exact) mass is 639 g/mol. The third-order valence-corrected chi connectivity index (χ3v) is 9.33. The van der Waals surface area contributed by atoms with Crippen LogP contribution in [0.2, 0.25) is 0 Å². The Bertz CT molecular complexity index is 1640. The summed E-state index contributed by atoms with van der Waals surface area (Å²) in [6, 6.07) is 23.0. The highest BCUT2D eigenvalue weighted by atomic mass is 16.6. The SMILES string of the molecule is COC(=O)C1(NC(=O)[C@@H]2Cc3ccccc3CN2C(=O)OCC2c3ccccc3-c3ccccc32)CCN(C(=O)OC(C)(C)C)CC1. The first-order valence-corrected chi connectivity index (χ1v) is 16.1. The number of likely N-dealkylation sites (tertiary alicyclic amines) is 1. The maximum Gasteiger partial charge on any atom is 0.410 e. The molecule has 0 unspecified atom stereocenters. The van der Waals surface area contributed by atoms with Crippen LogP contribution >= 0.6 is 0 Å². The summed E-state index contributed by atoms with van der Waals surface area (Å²) < 4.78 is 16.6. The van der Waals surface area contributed by atoms with Crippen LogP contribution in [0.25, 0.3) is 11.1 Å². The first kappa shape index (κ1) is 32.1. The number of nitrogens with one attached hydrogen (secondary N) is 1. The van der Waals surface area contributed by atoms with Crippen LogP contribution in [0.3, 0.4) is 0 Å². The normalized spacial score (nSPS) is 18.3. The molecule has 0 spiro atoms. The summed E-state index contributed by atoms with van der Waals surface area (Å²) in [5.74, 6) is -1.21. The average molecular weight is 640 g/mol. The molecule has 246 valence electrons. The van der Waals surface area contributed by atoms with Crippen molar-refractivity contribution in [2.45, 2.75) is 69.7 Å². The van der Waals surface area contributed by atoms with Gasteiger partial charge in [-0.1, -0.05) is 72.8 Å². The van der Waals surface area contributed by atoms with Gasteiger partial charge in [-0.3, -0.25) is 9.69 Å². The van der Waals surface area contributed by atoms with E-state index in [1.807, 2.05) is 48.5 Å². The lowest BCUT2D eigenvalue weighted by molar-refractivity contribution is -0.154. The molecular formula is C37H41N3O7. The zero-order valence-corrected chi connectivity index (χ0v) is 27.3. The van der Waals surface area contributed by atoms with Crippen LogP contribution in [0.15, 0.2) is 72.8 Å². The lowest BCUT2D eigenvalue weighted by Gasteiger charge is -2.42. The molecule has 3 aliphatic rings. The fraction of sp³-hybridized carbons (Fsp3) is 0.405. The molecule has 3 aromatic carbocycles. The summed E-state index contributed by atoms with van der Waals surface area (Å²) in [5, 5.41) is 2.96. The van der Waals surface area contributed by atoms with E-state index >= 15 is 0 Å². The summed E-state index contributed by atoms with van der Waals surface area (Å²) in [6.45, 7) is 6.05. The molecule has 2 aliphatic heterocycles. The van der Waals surface area contributed by atoms with E-state index in [0.29, 0.717) is 0 Å². The van der Waals surface area contributed by atoms with Crippen molar-refractivity contribution in [3.8, 4) is 11.1 Å². The van der Waals surface area contributed by atoms with Gasteiger partial charge in [-0.25, -0.2) is 14.4 Å². The molecule has 1 atom stereocenters. The van der Waals surface area contributed by atoms with Crippen molar-refractivity contribution in [1.82, 2.24) is 15.1 Å². The van der Waals surface area contributed by atoms with Crippen LogP contribution < -0.4 is 5.32 Å². The van der Waals surface area contributed by atoms with Crippen molar-refractivity contribution >= 4 is 24.1 Å². The minimum Gasteiger partial charge on any atom is -0.467 e. The van der Waals surface area contributed by atoms with Gasteiger partial charge in [0.1, 0.15) is 23.8 Å². The number of carbonyl (C=O) groups is 4. The summed E-state index contributed by atoms with van der Waals surface area (Å²) >= 11 is 0. The van der Waals surface area contributed by atoms with Crippen molar-refractivity contribution in [2.24, 2.45) is 0 Å². The zero-order chi connectivity index (χ0) is 33.3. The summed E-state index contributed by atoms with van der Waals surface area (Å²) in [4.78, 5) is 56.9. The Morgan fingerprint density at radius 3 is 2.00 bits per heavy atom. The molecule has 1 saturated heterocycles. The Labute approximate surface area is 275 Å². The molecule has 0 bridgehead atoms. The van der Waals surface area contributed by atoms with Crippen molar-refractivity contribution in [3.05, 3.63) is 95.1 Å². The highest BCUT2D eigenvalue weighted by molar-refractivity contribution is 5.92. The van der Waals surface area contributed by atoms with E-state index in [0.717, 1.165) is 33.4 Å². The fourth-order valence-electron chi connectivity index (χ4n) is 6.92. The molecule has 3 amide bonds. The van der Waals surface area contributed by atoms with E-state index in [1.54, 1.807) is 20.8 Å². The number of rotatable bonds is 5. The fourth-order valence-corrected chi connectivity index (χ4v) is 6.92. The van der Waals surface area contributed by atoms with Crippen LogP contribution in [-0.4, -0.2) is 77.9 Å². The number of amides is 3. The minimum absolute atomic E-state index is 0.117. The van der Waals surface area contributed by atoms with E-state index in [-0.39, 0.29) is 51.4 Å². The number of hydrogen-bond acceptors (Lipinski definition) is 7. The Balaban J connectivity index is 1.20. The number of hydrogen-bond donors (Lipinski definition) is 1. The topological polar surface area (TPSA) is 114 Å². The second kappa shape index (κ2) is 12.7. The van der Waals surface area contributed by atoms with Crippen molar-refractivity contribution in [3.63, 3.8) is 0 Å². The van der Waals surface area contributed by atoms with Crippen molar-refractivity contribution < 1.29 is 33.4 Å². The number of piperidine rings is 1. The van der Waals surface area contributed by atoms with E-state index in [1.165, 1.54) is 16.9 Å². The maximum atomic E-state index is 14.1. The third kappa shape index (κ3) is 6.41. The first-order chi connectivity index (χ1) is 22.5. The molecule has 1 aliphatic carbocycles. The molecule has 1 fully saturated rings. The Hall–Kier alpha value is -4.86. The molecule has 10 nitrogen and oxygen atoms in total. The molecule has 0 radical (unpaired) electrons. The second-order valence-corrected chi connectivity index (χ2v) is 13.5. The molecular weight excluding hydrogens is 598 g/mol. The number of ether oxygens (including phenoxy) is 3. The largest absolute Gasteiger partial charge is 0.467 e. The summed E-state index contributed by atoms with van der Waals surface area (Å²) in [6.07, 6.45) is -0.549. The predicted octanol–water partition coefficient (Wildman–Crippen LogP) is 5.42. The van der Waals surface area contributed by atoms with Gasteiger partial charge in [-0.2, -0.15) is 0 Å². The number of methoxy groups -OCH3 is 1. The average Bonchev–Trinajstić information content (AvgIpc) is 3.39. The van der Waals surface area contributed by atoms with Gasteiger partial charge >= 0.3 is 18.2 Å². The van der Waals surface area contributed by atoms with Gasteiger partial charge in [0.25, 0.3) is 0 Å². The smallest absolute Gasteiger partial charge is 0.410 e. The predicted molar refractivity (Wildman–Crippen MR) is 174 cm³/mol. The van der Waals surface area contributed by atoms with Gasteiger partial charge in [-0.05, 0) is 67.0 Å². The van der Waals surface area contributed by atoms with E-state index in [4.69, 9.17) is 14.2 Å². The standard InChI is InChI=1S/C37H41N3O7/c1-36(2,3)47-34(43)39-19-17-37(18-20-39,33(42)45-4)38-32(41)31-21-24-11-5-6-12-25(24)22-40(31)35(44)46-23-30-28-15-9-7-13-26(28)27-14-8-10-16-29(27)30/h5-16,30-31H,17-23H2,1-4H3,(H,38,41)/t31-/m0/s1. The van der Waals surface area contributed by atoms with Gasteiger partial charge in [0.2, 0.25) is 5.91 Å². The van der Waals surface area contributed by atoms with Crippen LogP contribution in [-0.2, 0) is 36.8 Å². The number of esters is 1. The van der Waals surface area contributed by atoms with Crippen LogP contribution in [0, 0.1) is 0 Å². The van der Waals surface area contributed by atoms with E-state index < -0.39 is 41.2 Å². The summed E-state index contributed by atoms with van der Waals surface area (Å²) in [7, 11) is 1.27. The third-order valence-electron chi connectivity index (χ3n) is 9.33. The molecule has 2 heterocycles. The molecule has 6 rings (SSSR count). The van der Waals surface area contributed by atoms with E-state index in [2.05, 4.69) is 29.6 Å². The van der Waals surface area contributed by atoms with Crippen LogP contribution in [0.5, 0.6) is 0 Å². The van der Waals surface area contributed by atoms with Gasteiger partial charge in [0, 0.05) is 25.4 Å². The highest BCUT2D eigenvalue weighted by Crippen LogP contribution is 2.44. The molecule has 0 aromatic heterocycles. The Morgan fingerprint density at radius 1 is 0.830 bits per heavy atom. The number of fused-ring (bicyclic) bond motifs is 4. The van der Waals surface area contributed by atoms with Gasteiger partial charge in [0.05, 0.1) is 13.7 Å². The minimum atomic E-state index is -1.37. The number of nitrogens with zero attached hydrogens (tertiary/aromatic N) is 2. The van der Waals surface area contributed by atoms with Gasteiger partial charge < -0.3 is 24.4 Å². The van der Waals surface area contributed by atoms with Gasteiger partial charge in [0.15, 0.2) is 0 Å². The quantitative estimate of drug-likeness (QED) is 0.293. The number of carbonyl (C=O) groups excluding carboxylic acids is 4. The molecule has 1 N–H and O–H groups in total. The molecule has 10 heteroatoms.